The summed E-state index contributed by atoms with van der Waals surface area (Å²) in [6.45, 7) is 14.2. The van der Waals surface area contributed by atoms with Crippen LogP contribution in [-0.4, -0.2) is 168 Å². The van der Waals surface area contributed by atoms with Gasteiger partial charge in [0.05, 0.1) is 44.5 Å². The van der Waals surface area contributed by atoms with Gasteiger partial charge in [-0.2, -0.15) is 0 Å². The van der Waals surface area contributed by atoms with Crippen LogP contribution in [0.2, 0.25) is 0 Å². The zero-order valence-corrected chi connectivity index (χ0v) is 47.0. The molecular weight excluding hydrogens is 1000 g/mol. The lowest BCUT2D eigenvalue weighted by Crippen LogP contribution is -2.65. The van der Waals surface area contributed by atoms with E-state index < -0.39 is 146 Å². The van der Waals surface area contributed by atoms with Gasteiger partial charge in [-0.15, -0.1) is 0 Å². The van der Waals surface area contributed by atoms with Crippen LogP contribution in [0.3, 0.4) is 0 Å². The fraction of sp³-hybridized carbons (Fsp3) is 0.632. The van der Waals surface area contributed by atoms with Crippen LogP contribution in [0.1, 0.15) is 93.6 Å². The van der Waals surface area contributed by atoms with Gasteiger partial charge >= 0.3 is 35.8 Å². The molecule has 0 radical (unpaired) electrons. The van der Waals surface area contributed by atoms with E-state index in [2.05, 4.69) is 0 Å². The number of ether oxygens (including phenoxy) is 12. The number of benzene rings is 1. The zero-order valence-electron chi connectivity index (χ0n) is 47.0. The summed E-state index contributed by atoms with van der Waals surface area (Å²) in [4.78, 5) is 94.6. The number of carbonyl (C=O) groups excluding carboxylic acids is 7. The average Bonchev–Trinajstić information content (AvgIpc) is 3.37. The maximum Gasteiger partial charge on any atom is 0.331 e. The molecule has 2 saturated heterocycles. The van der Waals surface area contributed by atoms with E-state index in [4.69, 9.17) is 56.8 Å². The lowest BCUT2D eigenvalue weighted by molar-refractivity contribution is -0.308. The minimum atomic E-state index is -1.37. The number of likely N-dealkylation sites (N-methyl/N-ethyl adjacent to an activating group) is 1. The second-order valence-corrected chi connectivity index (χ2v) is 20.0. The molecule has 3 heterocycles. The van der Waals surface area contributed by atoms with Crippen LogP contribution in [0.15, 0.2) is 72.4 Å². The van der Waals surface area contributed by atoms with Crippen molar-refractivity contribution in [1.29, 1.82) is 0 Å². The van der Waals surface area contributed by atoms with Gasteiger partial charge in [-0.3, -0.25) is 28.9 Å². The number of allylic oxidation sites excluding steroid dienone is 4. The van der Waals surface area contributed by atoms with Crippen LogP contribution < -0.4 is 0 Å². The molecule has 0 saturated carbocycles. The molecule has 17 atom stereocenters. The Hall–Kier alpha value is -5.61. The predicted octanol–water partition coefficient (Wildman–Crippen LogP) is 6.07. The highest BCUT2D eigenvalue weighted by molar-refractivity contribution is 5.92. The van der Waals surface area contributed by atoms with E-state index in [0.29, 0.717) is 11.1 Å². The Bertz CT molecular complexity index is 2240. The fourth-order valence-corrected chi connectivity index (χ4v) is 10.1. The Morgan fingerprint density at radius 1 is 0.727 bits per heavy atom. The quantitative estimate of drug-likeness (QED) is 0.0922. The normalized spacial score (nSPS) is 33.9. The van der Waals surface area contributed by atoms with Gasteiger partial charge in [0, 0.05) is 64.9 Å². The molecular formula is C57H81NO19. The molecule has 0 aromatic heterocycles. The molecule has 2 fully saturated rings. The number of ketones is 1. The second-order valence-electron chi connectivity index (χ2n) is 20.0. The number of methoxy groups -OCH3 is 3. The van der Waals surface area contributed by atoms with Crippen molar-refractivity contribution in [3.8, 4) is 0 Å². The maximum absolute atomic E-state index is 14.7. The largest absolute Gasteiger partial charge is 0.466 e. The predicted molar refractivity (Wildman–Crippen MR) is 279 cm³/mol. The number of cyclic esters (lactones) is 1. The van der Waals surface area contributed by atoms with Crippen LogP contribution in [-0.2, 0) is 90.4 Å². The number of carbonyl (C=O) groups is 7. The van der Waals surface area contributed by atoms with Gasteiger partial charge < -0.3 is 56.8 Å². The van der Waals surface area contributed by atoms with Gasteiger partial charge in [0.15, 0.2) is 30.6 Å². The lowest BCUT2D eigenvalue weighted by Gasteiger charge is -2.48. The zero-order chi connectivity index (χ0) is 57.1. The van der Waals surface area contributed by atoms with Gasteiger partial charge in [-0.1, -0.05) is 74.9 Å². The van der Waals surface area contributed by atoms with Gasteiger partial charge in [-0.05, 0) is 77.8 Å². The number of hydrogen-bond acceptors (Lipinski definition) is 20. The highest BCUT2D eigenvalue weighted by atomic mass is 16.7. The molecule has 0 N–H and O–H groups in total. The van der Waals surface area contributed by atoms with E-state index in [9.17, 15) is 33.6 Å². The Kier molecular flexibility index (Phi) is 25.8. The summed E-state index contributed by atoms with van der Waals surface area (Å²) in [5.74, 6) is -7.22. The van der Waals surface area contributed by atoms with Crippen molar-refractivity contribution in [1.82, 2.24) is 4.90 Å². The Morgan fingerprint density at radius 3 is 1.94 bits per heavy atom. The molecule has 1 aromatic rings. The summed E-state index contributed by atoms with van der Waals surface area (Å²) in [7, 11) is 7.61. The molecule has 0 unspecified atom stereocenters. The Labute approximate surface area is 453 Å². The molecule has 4 rings (SSSR count). The van der Waals surface area contributed by atoms with E-state index in [0.717, 1.165) is 0 Å². The Balaban J connectivity index is 1.89. The van der Waals surface area contributed by atoms with Crippen molar-refractivity contribution in [2.24, 2.45) is 23.7 Å². The van der Waals surface area contributed by atoms with E-state index in [1.165, 1.54) is 60.3 Å². The van der Waals surface area contributed by atoms with E-state index >= 15 is 0 Å². The first kappa shape index (κ1) is 63.9. The van der Waals surface area contributed by atoms with Crippen LogP contribution in [0, 0.1) is 23.7 Å². The van der Waals surface area contributed by atoms with Crippen LogP contribution in [0.5, 0.6) is 0 Å². The summed E-state index contributed by atoms with van der Waals surface area (Å²) < 4.78 is 72.5. The van der Waals surface area contributed by atoms with Crippen LogP contribution in [0.25, 0.3) is 6.08 Å². The van der Waals surface area contributed by atoms with Crippen molar-refractivity contribution in [2.75, 3.05) is 42.0 Å². The molecule has 0 spiro atoms. The SMILES string of the molecule is CC[C@H]1OC(=O)C[C@@H](OC(=O)/C=C/c2ccccc2)[C@H](C)[C@@H](O[C@H]2O[C@@H](C)[C@H](OC(C)=O)[C@@H](N(C)C)[C@@H]2OC(C)=O)[C@@H](C/C=C/C(=O)OC)C[C@@H](C)C(=O)/C=C/C(C)=C/[C@@H]1CO[C@@H]1O[C@H](C)[C@@H](OC(C)=O)[C@@H](OC)[C@H]1OC. The highest BCUT2D eigenvalue weighted by Gasteiger charge is 2.52. The van der Waals surface area contributed by atoms with Crippen molar-refractivity contribution in [3.05, 3.63) is 77.9 Å². The highest BCUT2D eigenvalue weighted by Crippen LogP contribution is 2.38. The van der Waals surface area contributed by atoms with Crippen molar-refractivity contribution in [3.63, 3.8) is 0 Å². The topological polar surface area (TPSA) is 233 Å². The molecule has 0 aliphatic carbocycles. The molecule has 1 aromatic carbocycles. The van der Waals surface area contributed by atoms with Crippen molar-refractivity contribution >= 4 is 47.7 Å². The fourth-order valence-electron chi connectivity index (χ4n) is 10.1. The van der Waals surface area contributed by atoms with E-state index in [-0.39, 0.29) is 31.7 Å². The first-order valence-corrected chi connectivity index (χ1v) is 26.1. The third-order valence-corrected chi connectivity index (χ3v) is 13.9. The number of nitrogens with zero attached hydrogens (tertiary/aromatic N) is 1. The summed E-state index contributed by atoms with van der Waals surface area (Å²) in [5.41, 5.74) is 1.34. The molecule has 428 valence electrons. The summed E-state index contributed by atoms with van der Waals surface area (Å²) >= 11 is 0. The average molecular weight is 1080 g/mol. The first-order valence-electron chi connectivity index (χ1n) is 26.1. The molecule has 77 heavy (non-hydrogen) atoms. The second kappa shape index (κ2) is 31.1. The van der Waals surface area contributed by atoms with Crippen molar-refractivity contribution < 1.29 is 90.4 Å². The summed E-state index contributed by atoms with van der Waals surface area (Å²) in [6.07, 6.45) is -1.12. The van der Waals surface area contributed by atoms with Crippen LogP contribution >= 0.6 is 0 Å². The summed E-state index contributed by atoms with van der Waals surface area (Å²) in [6, 6.07) is 8.25. The maximum atomic E-state index is 14.7. The third kappa shape index (κ3) is 19.1. The first-order chi connectivity index (χ1) is 36.5. The Morgan fingerprint density at radius 2 is 1.34 bits per heavy atom. The third-order valence-electron chi connectivity index (χ3n) is 13.9. The summed E-state index contributed by atoms with van der Waals surface area (Å²) in [5, 5.41) is 0. The van der Waals surface area contributed by atoms with Gasteiger partial charge in [0.25, 0.3) is 0 Å². The minimum Gasteiger partial charge on any atom is -0.466 e. The van der Waals surface area contributed by atoms with Gasteiger partial charge in [0.2, 0.25) is 0 Å². The molecule has 3 aliphatic rings. The molecule has 3 aliphatic heterocycles. The lowest BCUT2D eigenvalue weighted by atomic mass is 9.79. The standard InChI is InChI=1S/C57H81NO19/c1-15-44-42(31-69-56-55(68-14)54(67-13)52(36(6)70-56)73-38(8)60)28-32(2)24-26-43(62)33(3)29-41(22-19-23-46(63)66-12)50(34(4)45(30-48(65)75-44)76-47(64)27-25-40-20-17-16-18-21-40)77-57-53(74-39(9)61)49(58(10)11)51(35(5)71-57)72-37(7)59/h16-21,23-28,33-36,41-42,44-45,49-57H,15,22,29-31H2,1-14H3/b23-19+,26-24+,27-25+,32-28+/t33-,34+,35+,36-,41+,42-,44-,45-,49-,50-,51+,52-,53+,54-,55-,56-,57-/m1/s1. The smallest absolute Gasteiger partial charge is 0.331 e. The number of esters is 6. The monoisotopic (exact) mass is 1080 g/mol. The van der Waals surface area contributed by atoms with Crippen molar-refractivity contribution in [2.45, 2.75) is 168 Å². The van der Waals surface area contributed by atoms with Gasteiger partial charge in [0.1, 0.15) is 30.5 Å². The minimum absolute atomic E-state index is 0.0847. The number of rotatable bonds is 18. The molecule has 0 amide bonds. The molecule has 20 nitrogen and oxygen atoms in total. The van der Waals surface area contributed by atoms with E-state index in [1.54, 1.807) is 84.0 Å². The van der Waals surface area contributed by atoms with Gasteiger partial charge in [-0.25, -0.2) is 9.59 Å². The number of hydrogen-bond donors (Lipinski definition) is 0. The molecule has 20 heteroatoms. The van der Waals surface area contributed by atoms with E-state index in [1.807, 2.05) is 31.2 Å². The van der Waals surface area contributed by atoms with Crippen LogP contribution in [0.4, 0.5) is 0 Å². The molecule has 0 bridgehead atoms.